The van der Waals surface area contributed by atoms with E-state index < -0.39 is 11.9 Å². The SMILES string of the molecule is O=C([O-])[C@H](Cc1ccccc1)c1cccs1.[Na+]. The Morgan fingerprint density at radius 2 is 1.88 bits per heavy atom. The van der Waals surface area contributed by atoms with Crippen molar-refractivity contribution in [2.24, 2.45) is 0 Å². The number of carboxylic acids is 1. The van der Waals surface area contributed by atoms with Gasteiger partial charge in [0.15, 0.2) is 0 Å². The fraction of sp³-hybridized carbons (Fsp3) is 0.154. The standard InChI is InChI=1S/C13H12O2S.Na/c14-13(15)11(12-7-4-8-16-12)9-10-5-2-1-3-6-10;/h1-8,11H,9H2,(H,14,15);/q;+1/p-1/t11-;/m1./s1. The summed E-state index contributed by atoms with van der Waals surface area (Å²) < 4.78 is 0. The van der Waals surface area contributed by atoms with Gasteiger partial charge in [0, 0.05) is 10.8 Å². The molecule has 0 amide bonds. The molecule has 2 aromatic rings. The van der Waals surface area contributed by atoms with Crippen molar-refractivity contribution in [2.45, 2.75) is 12.3 Å². The van der Waals surface area contributed by atoms with Crippen LogP contribution in [0.1, 0.15) is 16.4 Å². The second-order valence-electron chi connectivity index (χ2n) is 3.58. The van der Waals surface area contributed by atoms with Crippen LogP contribution in [-0.4, -0.2) is 5.97 Å². The van der Waals surface area contributed by atoms with E-state index in [1.165, 1.54) is 11.3 Å². The van der Waals surface area contributed by atoms with Gasteiger partial charge < -0.3 is 9.90 Å². The molecule has 0 bridgehead atoms. The van der Waals surface area contributed by atoms with Gasteiger partial charge in [-0.15, -0.1) is 11.3 Å². The van der Waals surface area contributed by atoms with E-state index in [1.807, 2.05) is 47.8 Å². The molecular weight excluding hydrogens is 243 g/mol. The molecule has 0 N–H and O–H groups in total. The molecule has 0 spiro atoms. The van der Waals surface area contributed by atoms with Crippen LogP contribution in [0.2, 0.25) is 0 Å². The molecule has 0 aliphatic heterocycles. The monoisotopic (exact) mass is 254 g/mol. The van der Waals surface area contributed by atoms with Crippen LogP contribution in [0.25, 0.3) is 0 Å². The van der Waals surface area contributed by atoms with Crippen molar-refractivity contribution in [3.05, 3.63) is 58.3 Å². The Morgan fingerprint density at radius 3 is 2.41 bits per heavy atom. The van der Waals surface area contributed by atoms with Gasteiger partial charge in [-0.25, -0.2) is 0 Å². The fourth-order valence-corrected chi connectivity index (χ4v) is 2.45. The summed E-state index contributed by atoms with van der Waals surface area (Å²) in [6.45, 7) is 0. The first-order chi connectivity index (χ1) is 7.77. The predicted molar refractivity (Wildman–Crippen MR) is 62.2 cm³/mol. The maximum atomic E-state index is 11.1. The molecule has 0 saturated heterocycles. The Hall–Kier alpha value is -0.610. The van der Waals surface area contributed by atoms with E-state index in [9.17, 15) is 9.90 Å². The summed E-state index contributed by atoms with van der Waals surface area (Å²) in [5.41, 5.74) is 1.02. The van der Waals surface area contributed by atoms with Crippen molar-refractivity contribution < 1.29 is 39.5 Å². The summed E-state index contributed by atoms with van der Waals surface area (Å²) >= 11 is 1.46. The summed E-state index contributed by atoms with van der Waals surface area (Å²) in [4.78, 5) is 11.9. The van der Waals surface area contributed by atoms with Crippen LogP contribution < -0.4 is 34.7 Å². The number of thiophene rings is 1. The molecular formula is C13H11NaO2S. The smallest absolute Gasteiger partial charge is 0.549 e. The molecule has 0 saturated carbocycles. The number of rotatable bonds is 4. The van der Waals surface area contributed by atoms with Crippen LogP contribution >= 0.6 is 11.3 Å². The van der Waals surface area contributed by atoms with Crippen molar-refractivity contribution in [3.8, 4) is 0 Å². The Balaban J connectivity index is 0.00000144. The van der Waals surface area contributed by atoms with Gasteiger partial charge in [-0.1, -0.05) is 36.4 Å². The van der Waals surface area contributed by atoms with Crippen LogP contribution in [0.5, 0.6) is 0 Å². The molecule has 0 unspecified atom stereocenters. The number of carbonyl (C=O) groups excluding carboxylic acids is 1. The second-order valence-corrected chi connectivity index (χ2v) is 4.56. The Kier molecular flexibility index (Phi) is 5.92. The van der Waals surface area contributed by atoms with Crippen molar-refractivity contribution in [3.63, 3.8) is 0 Å². The van der Waals surface area contributed by atoms with Gasteiger partial charge in [-0.05, 0) is 23.4 Å². The third-order valence-electron chi connectivity index (χ3n) is 2.45. The summed E-state index contributed by atoms with van der Waals surface area (Å²) in [7, 11) is 0. The molecule has 1 aromatic carbocycles. The van der Waals surface area contributed by atoms with Gasteiger partial charge in [-0.3, -0.25) is 0 Å². The molecule has 0 aliphatic carbocycles. The van der Waals surface area contributed by atoms with E-state index in [4.69, 9.17) is 0 Å². The van der Waals surface area contributed by atoms with Crippen LogP contribution in [0.4, 0.5) is 0 Å². The number of hydrogen-bond donors (Lipinski definition) is 0. The molecule has 82 valence electrons. The molecule has 1 atom stereocenters. The van der Waals surface area contributed by atoms with E-state index in [1.54, 1.807) is 0 Å². The van der Waals surface area contributed by atoms with Gasteiger partial charge in [0.05, 0.1) is 5.97 Å². The van der Waals surface area contributed by atoms with Crippen LogP contribution in [0, 0.1) is 0 Å². The van der Waals surface area contributed by atoms with E-state index in [2.05, 4.69) is 0 Å². The first-order valence-electron chi connectivity index (χ1n) is 5.05. The summed E-state index contributed by atoms with van der Waals surface area (Å²) in [6.07, 6.45) is 0.490. The molecule has 0 fully saturated rings. The third-order valence-corrected chi connectivity index (χ3v) is 3.44. The van der Waals surface area contributed by atoms with Crippen LogP contribution in [0.15, 0.2) is 47.8 Å². The van der Waals surface area contributed by atoms with Gasteiger partial charge in [0.1, 0.15) is 0 Å². The van der Waals surface area contributed by atoms with E-state index >= 15 is 0 Å². The van der Waals surface area contributed by atoms with E-state index in [0.717, 1.165) is 10.4 Å². The van der Waals surface area contributed by atoms with Gasteiger partial charge >= 0.3 is 29.6 Å². The van der Waals surface area contributed by atoms with Gasteiger partial charge in [-0.2, -0.15) is 0 Å². The molecule has 2 rings (SSSR count). The normalized spacial score (nSPS) is 11.5. The maximum absolute atomic E-state index is 11.1. The zero-order valence-corrected chi connectivity index (χ0v) is 12.4. The largest absolute Gasteiger partial charge is 1.00 e. The first kappa shape index (κ1) is 14.5. The van der Waals surface area contributed by atoms with Crippen LogP contribution in [0.3, 0.4) is 0 Å². The van der Waals surface area contributed by atoms with Crippen molar-refractivity contribution in [1.29, 1.82) is 0 Å². The zero-order valence-electron chi connectivity index (χ0n) is 9.63. The maximum Gasteiger partial charge on any atom is 1.00 e. The molecule has 4 heteroatoms. The first-order valence-corrected chi connectivity index (χ1v) is 5.93. The van der Waals surface area contributed by atoms with Crippen molar-refractivity contribution >= 4 is 17.3 Å². The van der Waals surface area contributed by atoms with Crippen molar-refractivity contribution in [2.75, 3.05) is 0 Å². The number of benzene rings is 1. The number of hydrogen-bond acceptors (Lipinski definition) is 3. The minimum atomic E-state index is -1.01. The second kappa shape index (κ2) is 6.97. The van der Waals surface area contributed by atoms with E-state index in [0.29, 0.717) is 6.42 Å². The molecule has 0 aliphatic rings. The Morgan fingerprint density at radius 1 is 1.18 bits per heavy atom. The zero-order chi connectivity index (χ0) is 11.4. The predicted octanol–water partition coefficient (Wildman–Crippen LogP) is -1.17. The minimum Gasteiger partial charge on any atom is -0.549 e. The summed E-state index contributed by atoms with van der Waals surface area (Å²) in [6, 6.07) is 13.3. The number of carbonyl (C=O) groups is 1. The molecule has 1 aromatic heterocycles. The van der Waals surface area contributed by atoms with Gasteiger partial charge in [0.2, 0.25) is 0 Å². The van der Waals surface area contributed by atoms with Gasteiger partial charge in [0.25, 0.3) is 0 Å². The summed E-state index contributed by atoms with van der Waals surface area (Å²) in [5, 5.41) is 13.0. The molecule has 1 heterocycles. The Bertz CT molecular complexity index is 454. The van der Waals surface area contributed by atoms with Crippen molar-refractivity contribution in [1.82, 2.24) is 0 Å². The quantitative estimate of drug-likeness (QED) is 0.645. The number of aliphatic carboxylic acids is 1. The molecule has 17 heavy (non-hydrogen) atoms. The Labute approximate surface area is 127 Å². The minimum absolute atomic E-state index is 0. The topological polar surface area (TPSA) is 40.1 Å². The summed E-state index contributed by atoms with van der Waals surface area (Å²) in [5.74, 6) is -1.55. The number of carboxylic acid groups (broad SMARTS) is 1. The molecule has 0 radical (unpaired) electrons. The molecule has 2 nitrogen and oxygen atoms in total. The van der Waals surface area contributed by atoms with Crippen LogP contribution in [-0.2, 0) is 11.2 Å². The average molecular weight is 254 g/mol. The average Bonchev–Trinajstić information content (AvgIpc) is 2.80. The van der Waals surface area contributed by atoms with E-state index in [-0.39, 0.29) is 29.6 Å². The third kappa shape index (κ3) is 3.96. The fourth-order valence-electron chi connectivity index (χ4n) is 1.64.